The van der Waals surface area contributed by atoms with Gasteiger partial charge < -0.3 is 14.7 Å². The quantitative estimate of drug-likeness (QED) is 0.806. The third kappa shape index (κ3) is 2.94. The lowest BCUT2D eigenvalue weighted by atomic mass is 10.1. The van der Waals surface area contributed by atoms with E-state index in [9.17, 15) is 23.5 Å². The van der Waals surface area contributed by atoms with Crippen molar-refractivity contribution in [2.45, 2.75) is 31.2 Å². The Morgan fingerprint density at radius 2 is 2.10 bits per heavy atom. The van der Waals surface area contributed by atoms with E-state index in [2.05, 4.69) is 0 Å². The fraction of sp³-hybridized carbons (Fsp3) is 0.385. The first-order chi connectivity index (χ1) is 9.74. The predicted molar refractivity (Wildman–Crippen MR) is 72.3 cm³/mol. The highest BCUT2D eigenvalue weighted by molar-refractivity contribution is 8.05. The molecule has 1 unspecified atom stereocenters. The monoisotopic (exact) mass is 317 g/mol. The molecule has 0 aromatic rings. The molecule has 0 amide bonds. The van der Waals surface area contributed by atoms with E-state index in [1.54, 1.807) is 13.8 Å². The van der Waals surface area contributed by atoms with Crippen LogP contribution in [0.3, 0.4) is 0 Å². The number of halogens is 2. The van der Waals surface area contributed by atoms with Gasteiger partial charge in [0.25, 0.3) is 0 Å². The summed E-state index contributed by atoms with van der Waals surface area (Å²) in [6, 6.07) is -1.45. The van der Waals surface area contributed by atoms with Crippen molar-refractivity contribution in [3.63, 3.8) is 0 Å². The summed E-state index contributed by atoms with van der Waals surface area (Å²) in [7, 11) is 0. The Hall–Kier alpha value is -1.83. The normalized spacial score (nSPS) is 23.3. The SMILES string of the molecule is CC(C)OC(=O)C1=C(C(=O)O)N2C=CC=CC2C(F)(F)S1. The molecule has 0 spiro atoms. The minimum Gasteiger partial charge on any atom is -0.477 e. The first kappa shape index (κ1) is 15.6. The molecule has 0 aliphatic carbocycles. The molecule has 2 aliphatic rings. The van der Waals surface area contributed by atoms with Gasteiger partial charge in [-0.25, -0.2) is 9.59 Å². The molecule has 5 nitrogen and oxygen atoms in total. The van der Waals surface area contributed by atoms with Crippen molar-refractivity contribution in [1.82, 2.24) is 4.90 Å². The Balaban J connectivity index is 2.51. The van der Waals surface area contributed by atoms with Crippen molar-refractivity contribution < 1.29 is 28.2 Å². The lowest BCUT2D eigenvalue weighted by Crippen LogP contribution is -2.48. The number of carbonyl (C=O) groups is 2. The highest BCUT2D eigenvalue weighted by Crippen LogP contribution is 2.48. The van der Waals surface area contributed by atoms with Gasteiger partial charge in [-0.05, 0) is 31.7 Å². The zero-order chi connectivity index (χ0) is 15.8. The molecule has 2 rings (SSSR count). The van der Waals surface area contributed by atoms with Crippen LogP contribution < -0.4 is 0 Å². The van der Waals surface area contributed by atoms with Crippen LogP contribution in [0.15, 0.2) is 35.0 Å². The number of hydrogen-bond acceptors (Lipinski definition) is 5. The summed E-state index contributed by atoms with van der Waals surface area (Å²) < 4.78 is 33.1. The van der Waals surface area contributed by atoms with Crippen LogP contribution in [-0.2, 0) is 14.3 Å². The molecule has 0 aromatic carbocycles. The molecule has 21 heavy (non-hydrogen) atoms. The average Bonchev–Trinajstić information content (AvgIpc) is 2.36. The summed E-state index contributed by atoms with van der Waals surface area (Å²) >= 11 is -0.0750. The highest BCUT2D eigenvalue weighted by atomic mass is 32.2. The van der Waals surface area contributed by atoms with Gasteiger partial charge in [-0.1, -0.05) is 12.2 Å². The second kappa shape index (κ2) is 5.51. The zero-order valence-corrected chi connectivity index (χ0v) is 12.1. The molecule has 1 N–H and O–H groups in total. The fourth-order valence-corrected chi connectivity index (χ4v) is 2.97. The molecule has 2 heterocycles. The van der Waals surface area contributed by atoms with Crippen LogP contribution in [0.1, 0.15) is 13.8 Å². The van der Waals surface area contributed by atoms with Gasteiger partial charge in [0.05, 0.1) is 6.10 Å². The number of aliphatic carboxylic acids is 1. The van der Waals surface area contributed by atoms with Gasteiger partial charge in [-0.3, -0.25) is 0 Å². The van der Waals surface area contributed by atoms with E-state index in [4.69, 9.17) is 4.74 Å². The number of carboxylic acids is 1. The van der Waals surface area contributed by atoms with E-state index in [0.717, 1.165) is 4.90 Å². The van der Waals surface area contributed by atoms with Crippen LogP contribution in [0.5, 0.6) is 0 Å². The van der Waals surface area contributed by atoms with E-state index in [1.165, 1.54) is 24.4 Å². The molecule has 0 bridgehead atoms. The van der Waals surface area contributed by atoms with Crippen molar-refractivity contribution in [2.75, 3.05) is 0 Å². The summed E-state index contributed by atoms with van der Waals surface area (Å²) in [6.45, 7) is 3.10. The number of carbonyl (C=O) groups excluding carboxylic acids is 1. The molecular formula is C13H13F2NO4S. The van der Waals surface area contributed by atoms with E-state index >= 15 is 0 Å². The largest absolute Gasteiger partial charge is 0.477 e. The first-order valence-electron chi connectivity index (χ1n) is 6.12. The van der Waals surface area contributed by atoms with Crippen molar-refractivity contribution in [2.24, 2.45) is 0 Å². The average molecular weight is 317 g/mol. The summed E-state index contributed by atoms with van der Waals surface area (Å²) in [5.41, 5.74) is -0.498. The van der Waals surface area contributed by atoms with Gasteiger partial charge in [-0.15, -0.1) is 0 Å². The Labute approximate surface area is 123 Å². The van der Waals surface area contributed by atoms with Crippen LogP contribution in [0, 0.1) is 0 Å². The number of fused-ring (bicyclic) bond motifs is 1. The van der Waals surface area contributed by atoms with Crippen molar-refractivity contribution >= 4 is 23.7 Å². The van der Waals surface area contributed by atoms with Gasteiger partial charge in [0.1, 0.15) is 16.6 Å². The molecule has 0 saturated carbocycles. The lowest BCUT2D eigenvalue weighted by molar-refractivity contribution is -0.143. The Kier molecular flexibility index (Phi) is 4.08. The molecule has 0 aromatic heterocycles. The number of allylic oxidation sites excluding steroid dienone is 2. The predicted octanol–water partition coefficient (Wildman–Crippen LogP) is 2.33. The number of carboxylic acid groups (broad SMARTS) is 1. The molecule has 0 radical (unpaired) electrons. The van der Waals surface area contributed by atoms with Crippen LogP contribution >= 0.6 is 11.8 Å². The van der Waals surface area contributed by atoms with E-state index in [1.807, 2.05) is 0 Å². The maximum Gasteiger partial charge on any atom is 0.354 e. The topological polar surface area (TPSA) is 66.8 Å². The maximum absolute atomic E-state index is 14.1. The highest BCUT2D eigenvalue weighted by Gasteiger charge is 2.52. The van der Waals surface area contributed by atoms with E-state index in [0.29, 0.717) is 0 Å². The first-order valence-corrected chi connectivity index (χ1v) is 6.94. The zero-order valence-electron chi connectivity index (χ0n) is 11.2. The standard InChI is InChI=1S/C13H13F2NO4S/c1-7(2)20-12(19)10-9(11(17)18)16-6-4-3-5-8(16)13(14,15)21-10/h3-8H,1-2H3,(H,17,18). The van der Waals surface area contributed by atoms with Crippen molar-refractivity contribution in [1.29, 1.82) is 0 Å². The van der Waals surface area contributed by atoms with Crippen LogP contribution in [0.4, 0.5) is 8.78 Å². The molecular weight excluding hydrogens is 304 g/mol. The molecule has 8 heteroatoms. The summed E-state index contributed by atoms with van der Waals surface area (Å²) in [5, 5.41) is 5.94. The molecule has 0 fully saturated rings. The van der Waals surface area contributed by atoms with Gasteiger partial charge in [-0.2, -0.15) is 8.78 Å². The second-order valence-corrected chi connectivity index (χ2v) is 5.84. The maximum atomic E-state index is 14.1. The molecule has 1 atom stereocenters. The van der Waals surface area contributed by atoms with Crippen LogP contribution in [0.2, 0.25) is 0 Å². The van der Waals surface area contributed by atoms with Gasteiger partial charge in [0.15, 0.2) is 0 Å². The Morgan fingerprint density at radius 3 is 2.67 bits per heavy atom. The number of alkyl halides is 2. The third-order valence-electron chi connectivity index (χ3n) is 2.74. The molecule has 0 saturated heterocycles. The summed E-state index contributed by atoms with van der Waals surface area (Å²) in [4.78, 5) is 23.6. The summed E-state index contributed by atoms with van der Waals surface area (Å²) in [6.07, 6.45) is 4.71. The van der Waals surface area contributed by atoms with Crippen molar-refractivity contribution in [3.8, 4) is 0 Å². The molecule has 2 aliphatic heterocycles. The minimum atomic E-state index is -3.34. The van der Waals surface area contributed by atoms with Crippen LogP contribution in [-0.4, -0.2) is 39.3 Å². The number of nitrogens with zero attached hydrogens (tertiary/aromatic N) is 1. The van der Waals surface area contributed by atoms with Crippen molar-refractivity contribution in [3.05, 3.63) is 35.0 Å². The molecule has 114 valence electrons. The lowest BCUT2D eigenvalue weighted by Gasteiger charge is -2.39. The summed E-state index contributed by atoms with van der Waals surface area (Å²) in [5.74, 6) is -2.52. The van der Waals surface area contributed by atoms with Crippen LogP contribution in [0.25, 0.3) is 0 Å². The Morgan fingerprint density at radius 1 is 1.43 bits per heavy atom. The fourth-order valence-electron chi connectivity index (χ4n) is 1.96. The second-order valence-electron chi connectivity index (χ2n) is 4.68. The van der Waals surface area contributed by atoms with Gasteiger partial charge in [0, 0.05) is 6.20 Å². The number of ether oxygens (including phenoxy) is 1. The number of esters is 1. The van der Waals surface area contributed by atoms with E-state index in [-0.39, 0.29) is 11.8 Å². The minimum absolute atomic E-state index is 0.0750. The van der Waals surface area contributed by atoms with Gasteiger partial charge >= 0.3 is 17.2 Å². The van der Waals surface area contributed by atoms with E-state index < -0.39 is 39.9 Å². The Bertz CT molecular complexity index is 569. The number of hydrogen-bond donors (Lipinski definition) is 1. The number of thioether (sulfide) groups is 1. The van der Waals surface area contributed by atoms with Gasteiger partial charge in [0.2, 0.25) is 0 Å². The number of rotatable bonds is 3. The smallest absolute Gasteiger partial charge is 0.354 e. The third-order valence-corrected chi connectivity index (χ3v) is 3.82.